The molecule has 0 saturated carbocycles. The van der Waals surface area contributed by atoms with Gasteiger partial charge in [-0.05, 0) is 31.0 Å². The Morgan fingerprint density at radius 3 is 2.37 bits per heavy atom. The molecule has 1 aliphatic heterocycles. The van der Waals surface area contributed by atoms with E-state index in [9.17, 15) is 4.79 Å². The average Bonchev–Trinajstić information content (AvgIpc) is 2.83. The lowest BCUT2D eigenvalue weighted by Gasteiger charge is -2.25. The van der Waals surface area contributed by atoms with Crippen LogP contribution in [0.1, 0.15) is 30.0 Å². The zero-order valence-corrected chi connectivity index (χ0v) is 11.0. The maximum absolute atomic E-state index is 12.2. The van der Waals surface area contributed by atoms with Gasteiger partial charge in [-0.3, -0.25) is 4.79 Å². The number of amides is 1. The van der Waals surface area contributed by atoms with Crippen LogP contribution in [-0.2, 0) is 4.79 Å². The highest BCUT2D eigenvalue weighted by atomic mass is 16.2. The monoisotopic (exact) mass is 251 g/mol. The van der Waals surface area contributed by atoms with Gasteiger partial charge in [0, 0.05) is 12.1 Å². The highest BCUT2D eigenvalue weighted by molar-refractivity contribution is 5.96. The Kier molecular flexibility index (Phi) is 3.08. The second-order valence-electron chi connectivity index (χ2n) is 5.06. The predicted molar refractivity (Wildman–Crippen MR) is 77.1 cm³/mol. The molecule has 96 valence electrons. The molecule has 1 unspecified atom stereocenters. The molecular formula is C17H17NO. The summed E-state index contributed by atoms with van der Waals surface area (Å²) in [5.41, 5.74) is 3.43. The third kappa shape index (κ3) is 2.26. The van der Waals surface area contributed by atoms with E-state index in [1.807, 2.05) is 35.2 Å². The molecule has 1 amide bonds. The summed E-state index contributed by atoms with van der Waals surface area (Å²) in [6.45, 7) is 2.06. The molecule has 0 bridgehead atoms. The van der Waals surface area contributed by atoms with E-state index in [-0.39, 0.29) is 11.9 Å². The summed E-state index contributed by atoms with van der Waals surface area (Å²) < 4.78 is 0. The summed E-state index contributed by atoms with van der Waals surface area (Å²) in [6.07, 6.45) is 1.53. The van der Waals surface area contributed by atoms with Crippen molar-refractivity contribution in [3.8, 4) is 0 Å². The third-order valence-corrected chi connectivity index (χ3v) is 3.71. The molecule has 3 rings (SSSR count). The number of hydrogen-bond acceptors (Lipinski definition) is 1. The van der Waals surface area contributed by atoms with Gasteiger partial charge < -0.3 is 4.90 Å². The molecule has 2 heteroatoms. The summed E-state index contributed by atoms with van der Waals surface area (Å²) in [5.74, 6) is 0.220. The Bertz CT molecular complexity index is 574. The van der Waals surface area contributed by atoms with Gasteiger partial charge in [0.15, 0.2) is 0 Å². The molecule has 1 atom stereocenters. The van der Waals surface area contributed by atoms with Crippen LogP contribution in [0.2, 0.25) is 0 Å². The van der Waals surface area contributed by atoms with E-state index in [0.29, 0.717) is 6.42 Å². The van der Waals surface area contributed by atoms with E-state index in [0.717, 1.165) is 12.1 Å². The van der Waals surface area contributed by atoms with Gasteiger partial charge >= 0.3 is 0 Å². The average molecular weight is 251 g/mol. The lowest BCUT2D eigenvalue weighted by Crippen LogP contribution is -2.27. The van der Waals surface area contributed by atoms with Crippen molar-refractivity contribution in [3.63, 3.8) is 0 Å². The van der Waals surface area contributed by atoms with Crippen molar-refractivity contribution < 1.29 is 4.79 Å². The van der Waals surface area contributed by atoms with E-state index in [1.54, 1.807) is 0 Å². The Morgan fingerprint density at radius 1 is 1.00 bits per heavy atom. The van der Waals surface area contributed by atoms with Crippen molar-refractivity contribution in [1.29, 1.82) is 0 Å². The minimum absolute atomic E-state index is 0.177. The lowest BCUT2D eigenvalue weighted by molar-refractivity contribution is -0.117. The Hall–Kier alpha value is -2.09. The molecule has 0 radical (unpaired) electrons. The second kappa shape index (κ2) is 4.88. The molecule has 0 aromatic heterocycles. The van der Waals surface area contributed by atoms with E-state index in [2.05, 4.69) is 31.2 Å². The van der Waals surface area contributed by atoms with Gasteiger partial charge in [0.05, 0.1) is 6.04 Å². The fourth-order valence-corrected chi connectivity index (χ4v) is 2.70. The van der Waals surface area contributed by atoms with Crippen molar-refractivity contribution in [2.75, 3.05) is 4.90 Å². The highest BCUT2D eigenvalue weighted by Crippen LogP contribution is 2.36. The number of hydrogen-bond donors (Lipinski definition) is 0. The first-order chi connectivity index (χ1) is 9.25. The van der Waals surface area contributed by atoms with Crippen LogP contribution in [0.4, 0.5) is 5.69 Å². The van der Waals surface area contributed by atoms with Crippen LogP contribution < -0.4 is 4.90 Å². The maximum Gasteiger partial charge on any atom is 0.227 e. The SMILES string of the molecule is Cc1ccc(N2C(=O)CCC2c2ccccc2)cc1. The standard InChI is InChI=1S/C17H17NO/c1-13-7-9-15(10-8-13)18-16(11-12-17(18)19)14-5-3-2-4-6-14/h2-10,16H,11-12H2,1H3. The van der Waals surface area contributed by atoms with Crippen molar-refractivity contribution >= 4 is 11.6 Å². The molecular weight excluding hydrogens is 234 g/mol. The van der Waals surface area contributed by atoms with Gasteiger partial charge in [-0.1, -0.05) is 48.0 Å². The molecule has 1 fully saturated rings. The van der Waals surface area contributed by atoms with E-state index in [4.69, 9.17) is 0 Å². The quantitative estimate of drug-likeness (QED) is 0.793. The van der Waals surface area contributed by atoms with Crippen molar-refractivity contribution in [1.82, 2.24) is 0 Å². The van der Waals surface area contributed by atoms with Crippen LogP contribution in [0.25, 0.3) is 0 Å². The van der Waals surface area contributed by atoms with E-state index < -0.39 is 0 Å². The summed E-state index contributed by atoms with van der Waals surface area (Å²) >= 11 is 0. The number of anilines is 1. The summed E-state index contributed by atoms with van der Waals surface area (Å²) in [6, 6.07) is 18.6. The van der Waals surface area contributed by atoms with Gasteiger partial charge in [0.1, 0.15) is 0 Å². The molecule has 2 nitrogen and oxygen atoms in total. The van der Waals surface area contributed by atoms with Gasteiger partial charge in [-0.25, -0.2) is 0 Å². The van der Waals surface area contributed by atoms with Crippen LogP contribution in [0.5, 0.6) is 0 Å². The number of carbonyl (C=O) groups is 1. The summed E-state index contributed by atoms with van der Waals surface area (Å²) in [7, 11) is 0. The number of carbonyl (C=O) groups excluding carboxylic acids is 1. The largest absolute Gasteiger partial charge is 0.305 e. The van der Waals surface area contributed by atoms with E-state index in [1.165, 1.54) is 11.1 Å². The van der Waals surface area contributed by atoms with Crippen molar-refractivity contribution in [2.24, 2.45) is 0 Å². The first-order valence-corrected chi connectivity index (χ1v) is 6.69. The van der Waals surface area contributed by atoms with Gasteiger partial charge in [0.25, 0.3) is 0 Å². The Labute approximate surface area is 113 Å². The first kappa shape index (κ1) is 12.0. The number of aryl methyl sites for hydroxylation is 1. The fourth-order valence-electron chi connectivity index (χ4n) is 2.70. The normalized spacial score (nSPS) is 18.9. The Morgan fingerprint density at radius 2 is 1.68 bits per heavy atom. The predicted octanol–water partition coefficient (Wildman–Crippen LogP) is 3.86. The van der Waals surface area contributed by atoms with Gasteiger partial charge in [0.2, 0.25) is 5.91 Å². The van der Waals surface area contributed by atoms with Crippen LogP contribution in [0.3, 0.4) is 0 Å². The van der Waals surface area contributed by atoms with Crippen LogP contribution >= 0.6 is 0 Å². The molecule has 1 aliphatic rings. The van der Waals surface area contributed by atoms with Gasteiger partial charge in [-0.2, -0.15) is 0 Å². The van der Waals surface area contributed by atoms with Crippen LogP contribution in [0, 0.1) is 6.92 Å². The molecule has 1 saturated heterocycles. The zero-order valence-electron chi connectivity index (χ0n) is 11.0. The highest BCUT2D eigenvalue weighted by Gasteiger charge is 2.32. The minimum atomic E-state index is 0.177. The molecule has 0 spiro atoms. The van der Waals surface area contributed by atoms with Crippen molar-refractivity contribution in [2.45, 2.75) is 25.8 Å². The molecule has 2 aromatic carbocycles. The number of rotatable bonds is 2. The molecule has 2 aromatic rings. The van der Waals surface area contributed by atoms with Gasteiger partial charge in [-0.15, -0.1) is 0 Å². The molecule has 0 aliphatic carbocycles. The summed E-state index contributed by atoms with van der Waals surface area (Å²) in [5, 5.41) is 0. The Balaban J connectivity index is 1.97. The first-order valence-electron chi connectivity index (χ1n) is 6.69. The lowest BCUT2D eigenvalue weighted by atomic mass is 10.0. The molecule has 0 N–H and O–H groups in total. The zero-order chi connectivity index (χ0) is 13.2. The second-order valence-corrected chi connectivity index (χ2v) is 5.06. The van der Waals surface area contributed by atoms with Crippen LogP contribution in [0.15, 0.2) is 54.6 Å². The minimum Gasteiger partial charge on any atom is -0.305 e. The van der Waals surface area contributed by atoms with Crippen LogP contribution in [-0.4, -0.2) is 5.91 Å². The third-order valence-electron chi connectivity index (χ3n) is 3.71. The molecule has 1 heterocycles. The number of benzene rings is 2. The maximum atomic E-state index is 12.2. The smallest absolute Gasteiger partial charge is 0.227 e. The topological polar surface area (TPSA) is 20.3 Å². The summed E-state index contributed by atoms with van der Waals surface area (Å²) in [4.78, 5) is 14.1. The fraction of sp³-hybridized carbons (Fsp3) is 0.235. The van der Waals surface area contributed by atoms with E-state index >= 15 is 0 Å². The van der Waals surface area contributed by atoms with Crippen molar-refractivity contribution in [3.05, 3.63) is 65.7 Å². The molecule has 19 heavy (non-hydrogen) atoms. The number of nitrogens with zero attached hydrogens (tertiary/aromatic N) is 1.